The van der Waals surface area contributed by atoms with E-state index < -0.39 is 6.61 Å². The summed E-state index contributed by atoms with van der Waals surface area (Å²) >= 11 is 0. The fourth-order valence-corrected chi connectivity index (χ4v) is 2.92. The summed E-state index contributed by atoms with van der Waals surface area (Å²) in [5, 5.41) is 6.90. The Labute approximate surface area is 138 Å². The number of ether oxygens (including phenoxy) is 2. The first kappa shape index (κ1) is 16.8. The van der Waals surface area contributed by atoms with Crippen LogP contribution >= 0.6 is 0 Å². The van der Waals surface area contributed by atoms with Gasteiger partial charge in [0.25, 0.3) is 0 Å². The number of nitrogens with zero attached hydrogens (tertiary/aromatic N) is 3. The highest BCUT2D eigenvalue weighted by molar-refractivity contribution is 5.44. The van der Waals surface area contributed by atoms with Crippen LogP contribution in [0.1, 0.15) is 30.7 Å². The SMILES string of the molecule is [N-]=[N+]=NC[C@@H]1C[C@@H](c2ccc(OC(F)F)c(OCC3CC3)c2)CN1. The van der Waals surface area contributed by atoms with Crippen LogP contribution in [0.3, 0.4) is 0 Å². The smallest absolute Gasteiger partial charge is 0.387 e. The van der Waals surface area contributed by atoms with Gasteiger partial charge in [-0.15, -0.1) is 0 Å². The van der Waals surface area contributed by atoms with Crippen molar-refractivity contribution in [3.8, 4) is 11.5 Å². The van der Waals surface area contributed by atoms with Gasteiger partial charge in [-0.05, 0) is 54.3 Å². The zero-order valence-corrected chi connectivity index (χ0v) is 13.2. The summed E-state index contributed by atoms with van der Waals surface area (Å²) in [6.45, 7) is -1.18. The molecule has 1 saturated heterocycles. The fraction of sp³-hybridized carbons (Fsp3) is 0.625. The number of rotatable bonds is 8. The number of nitrogens with one attached hydrogen (secondary N) is 1. The minimum absolute atomic E-state index is 0.0750. The quantitative estimate of drug-likeness (QED) is 0.444. The Hall–Kier alpha value is -2.05. The highest BCUT2D eigenvalue weighted by atomic mass is 19.3. The van der Waals surface area contributed by atoms with E-state index in [0.29, 0.717) is 24.8 Å². The Kier molecular flexibility index (Phi) is 5.37. The molecule has 0 amide bonds. The molecule has 1 saturated carbocycles. The second-order valence-corrected chi connectivity index (χ2v) is 6.29. The Morgan fingerprint density at radius 2 is 2.17 bits per heavy atom. The summed E-state index contributed by atoms with van der Waals surface area (Å²) in [6, 6.07) is 5.27. The highest BCUT2D eigenvalue weighted by Crippen LogP contribution is 2.37. The van der Waals surface area contributed by atoms with Crippen LogP contribution in [0, 0.1) is 5.92 Å². The van der Waals surface area contributed by atoms with Crippen molar-refractivity contribution in [1.29, 1.82) is 0 Å². The lowest BCUT2D eigenvalue weighted by atomic mass is 9.96. The van der Waals surface area contributed by atoms with Gasteiger partial charge in [0.1, 0.15) is 0 Å². The van der Waals surface area contributed by atoms with E-state index in [1.165, 1.54) is 0 Å². The molecular formula is C16H20F2N4O2. The third-order valence-corrected chi connectivity index (χ3v) is 4.41. The van der Waals surface area contributed by atoms with Crippen molar-refractivity contribution in [3.05, 3.63) is 34.2 Å². The van der Waals surface area contributed by atoms with E-state index in [0.717, 1.165) is 31.4 Å². The lowest BCUT2D eigenvalue weighted by Gasteiger charge is -2.16. The van der Waals surface area contributed by atoms with Crippen LogP contribution in [0.25, 0.3) is 10.4 Å². The van der Waals surface area contributed by atoms with Crippen LogP contribution in [-0.4, -0.2) is 32.3 Å². The Balaban J connectivity index is 1.70. The molecule has 8 heteroatoms. The topological polar surface area (TPSA) is 79.3 Å². The average molecular weight is 338 g/mol. The van der Waals surface area contributed by atoms with Gasteiger partial charge in [-0.25, -0.2) is 0 Å². The molecule has 1 aromatic carbocycles. The van der Waals surface area contributed by atoms with Crippen LogP contribution in [0.5, 0.6) is 11.5 Å². The van der Waals surface area contributed by atoms with E-state index in [9.17, 15) is 8.78 Å². The van der Waals surface area contributed by atoms with Gasteiger partial charge in [0.2, 0.25) is 0 Å². The Bertz CT molecular complexity index is 618. The van der Waals surface area contributed by atoms with Crippen LogP contribution in [0.15, 0.2) is 23.3 Å². The first-order valence-corrected chi connectivity index (χ1v) is 8.11. The predicted octanol–water partition coefficient (Wildman–Crippen LogP) is 3.83. The fourth-order valence-electron chi connectivity index (χ4n) is 2.92. The first-order chi connectivity index (χ1) is 11.7. The molecule has 2 fully saturated rings. The molecule has 1 aliphatic heterocycles. The summed E-state index contributed by atoms with van der Waals surface area (Å²) in [7, 11) is 0. The second-order valence-electron chi connectivity index (χ2n) is 6.29. The first-order valence-electron chi connectivity index (χ1n) is 8.11. The third kappa shape index (κ3) is 4.49. The molecule has 0 aromatic heterocycles. The van der Waals surface area contributed by atoms with Gasteiger partial charge < -0.3 is 14.8 Å². The van der Waals surface area contributed by atoms with E-state index in [2.05, 4.69) is 20.1 Å². The Morgan fingerprint density at radius 3 is 2.88 bits per heavy atom. The maximum atomic E-state index is 12.6. The van der Waals surface area contributed by atoms with Crippen LogP contribution in [0.2, 0.25) is 0 Å². The normalized spacial score (nSPS) is 23.1. The number of halogens is 2. The zero-order chi connectivity index (χ0) is 16.9. The molecule has 1 aromatic rings. The van der Waals surface area contributed by atoms with Crippen molar-refractivity contribution < 1.29 is 18.3 Å². The number of benzene rings is 1. The van der Waals surface area contributed by atoms with Crippen molar-refractivity contribution in [1.82, 2.24) is 5.32 Å². The summed E-state index contributed by atoms with van der Waals surface area (Å²) in [6.07, 6.45) is 3.08. The van der Waals surface area contributed by atoms with Gasteiger partial charge in [0.15, 0.2) is 11.5 Å². The lowest BCUT2D eigenvalue weighted by molar-refractivity contribution is -0.0515. The van der Waals surface area contributed by atoms with Gasteiger partial charge in [-0.3, -0.25) is 0 Å². The molecule has 6 nitrogen and oxygen atoms in total. The maximum absolute atomic E-state index is 12.6. The third-order valence-electron chi connectivity index (χ3n) is 4.41. The lowest BCUT2D eigenvalue weighted by Crippen LogP contribution is -2.23. The van der Waals surface area contributed by atoms with Gasteiger partial charge in [-0.1, -0.05) is 11.2 Å². The van der Waals surface area contributed by atoms with Crippen LogP contribution < -0.4 is 14.8 Å². The summed E-state index contributed by atoms with van der Waals surface area (Å²) in [4.78, 5) is 2.77. The van der Waals surface area contributed by atoms with Crippen LogP contribution in [-0.2, 0) is 0 Å². The van der Waals surface area contributed by atoms with E-state index in [1.54, 1.807) is 18.2 Å². The molecule has 1 aliphatic carbocycles. The van der Waals surface area contributed by atoms with Crippen molar-refractivity contribution in [2.75, 3.05) is 19.7 Å². The molecule has 2 aliphatic rings. The molecule has 0 spiro atoms. The molecule has 0 radical (unpaired) electrons. The number of hydrogen-bond acceptors (Lipinski definition) is 4. The Morgan fingerprint density at radius 1 is 1.33 bits per heavy atom. The average Bonchev–Trinajstić information content (AvgIpc) is 3.27. The molecular weight excluding hydrogens is 318 g/mol. The standard InChI is InChI=1S/C16H20F2N4O2/c17-16(18)24-14-4-3-11(6-15(14)23-9-10-1-2-10)12-5-13(20-7-12)8-21-22-19/h3-4,6,10,12-13,16,20H,1-2,5,7-9H2/t12-,13+/m1/s1. The summed E-state index contributed by atoms with van der Waals surface area (Å²) < 4.78 is 35.4. The van der Waals surface area contributed by atoms with Crippen LogP contribution in [0.4, 0.5) is 8.78 Å². The molecule has 0 bridgehead atoms. The monoisotopic (exact) mass is 338 g/mol. The predicted molar refractivity (Wildman–Crippen MR) is 84.5 cm³/mol. The van der Waals surface area contributed by atoms with Crippen molar-refractivity contribution in [3.63, 3.8) is 0 Å². The molecule has 130 valence electrons. The highest BCUT2D eigenvalue weighted by Gasteiger charge is 2.27. The van der Waals surface area contributed by atoms with Gasteiger partial charge in [-0.2, -0.15) is 8.78 Å². The molecule has 2 atom stereocenters. The van der Waals surface area contributed by atoms with Gasteiger partial charge in [0, 0.05) is 24.0 Å². The van der Waals surface area contributed by atoms with Gasteiger partial charge in [0.05, 0.1) is 6.61 Å². The van der Waals surface area contributed by atoms with Crippen molar-refractivity contribution >= 4 is 0 Å². The van der Waals surface area contributed by atoms with E-state index in [4.69, 9.17) is 10.3 Å². The molecule has 0 unspecified atom stereocenters. The zero-order valence-electron chi connectivity index (χ0n) is 13.2. The summed E-state index contributed by atoms with van der Waals surface area (Å²) in [5.41, 5.74) is 9.41. The van der Waals surface area contributed by atoms with Crippen molar-refractivity contribution in [2.45, 2.75) is 37.8 Å². The van der Waals surface area contributed by atoms with Crippen molar-refractivity contribution in [2.24, 2.45) is 11.0 Å². The van der Waals surface area contributed by atoms with E-state index in [-0.39, 0.29) is 17.7 Å². The number of azide groups is 1. The molecule has 3 rings (SSSR count). The molecule has 1 N–H and O–H groups in total. The van der Waals surface area contributed by atoms with E-state index in [1.807, 2.05) is 0 Å². The molecule has 1 heterocycles. The molecule has 24 heavy (non-hydrogen) atoms. The van der Waals surface area contributed by atoms with E-state index >= 15 is 0 Å². The minimum atomic E-state index is -2.87. The number of alkyl halides is 2. The van der Waals surface area contributed by atoms with Gasteiger partial charge >= 0.3 is 6.61 Å². The number of hydrogen-bond donors (Lipinski definition) is 1. The maximum Gasteiger partial charge on any atom is 0.387 e. The summed E-state index contributed by atoms with van der Waals surface area (Å²) in [5.74, 6) is 1.20. The largest absolute Gasteiger partial charge is 0.489 e. The minimum Gasteiger partial charge on any atom is -0.489 e. The second kappa shape index (κ2) is 7.68.